The molecular weight excluding hydrogens is 462 g/mol. The molecule has 0 aliphatic carbocycles. The lowest BCUT2D eigenvalue weighted by Crippen LogP contribution is -2.27. The van der Waals surface area contributed by atoms with E-state index in [0.717, 1.165) is 30.3 Å². The van der Waals surface area contributed by atoms with Gasteiger partial charge in [-0.2, -0.15) is 31.4 Å². The van der Waals surface area contributed by atoms with E-state index in [1.807, 2.05) is 5.32 Å². The molecule has 1 heterocycles. The topological polar surface area (TPSA) is 99.3 Å². The number of para-hydroxylation sites is 2. The molecule has 1 aromatic heterocycles. The van der Waals surface area contributed by atoms with Gasteiger partial charge in [0.25, 0.3) is 5.69 Å². The number of nitrogens with one attached hydrogen (secondary N) is 1. The first-order chi connectivity index (χ1) is 15.4. The van der Waals surface area contributed by atoms with Crippen molar-refractivity contribution >= 4 is 11.8 Å². The fraction of sp³-hybridized carbons (Fsp3) is 0.158. The zero-order chi connectivity index (χ0) is 24.4. The third kappa shape index (κ3) is 5.39. The lowest BCUT2D eigenvalue weighted by molar-refractivity contribution is -0.384. The third-order valence-electron chi connectivity index (χ3n) is 4.20. The van der Waals surface area contributed by atoms with Crippen molar-refractivity contribution in [1.82, 2.24) is 15.1 Å². The van der Waals surface area contributed by atoms with Crippen molar-refractivity contribution in [2.45, 2.75) is 18.9 Å². The Kier molecular flexibility index (Phi) is 6.28. The van der Waals surface area contributed by atoms with Gasteiger partial charge in [-0.25, -0.2) is 9.48 Å². The van der Waals surface area contributed by atoms with Crippen molar-refractivity contribution in [1.29, 1.82) is 0 Å². The van der Waals surface area contributed by atoms with E-state index in [4.69, 9.17) is 0 Å². The maximum absolute atomic E-state index is 13.7. The molecule has 0 radical (unpaired) electrons. The summed E-state index contributed by atoms with van der Waals surface area (Å²) < 4.78 is 84.2. The largest absolute Gasteiger partial charge is 0.437 e. The average Bonchev–Trinajstić information content (AvgIpc) is 3.15. The minimum absolute atomic E-state index is 0.0217. The number of carbonyl (C=O) groups excluding carboxylic acids is 1. The summed E-state index contributed by atoms with van der Waals surface area (Å²) in [6, 6.07) is 8.44. The number of nitro groups is 1. The van der Waals surface area contributed by atoms with Gasteiger partial charge in [-0.3, -0.25) is 10.1 Å². The third-order valence-corrected chi connectivity index (χ3v) is 4.20. The molecule has 0 bridgehead atoms. The number of halogens is 6. The van der Waals surface area contributed by atoms with Gasteiger partial charge in [-0.15, -0.1) is 0 Å². The number of alkyl halides is 6. The van der Waals surface area contributed by atoms with Gasteiger partial charge in [0.15, 0.2) is 11.4 Å². The summed E-state index contributed by atoms with van der Waals surface area (Å²) >= 11 is 0. The number of hydrogen-bond acceptors (Lipinski definition) is 5. The Hall–Kier alpha value is -4.10. The Morgan fingerprint density at radius 2 is 1.76 bits per heavy atom. The van der Waals surface area contributed by atoms with E-state index in [1.54, 1.807) is 0 Å². The summed E-state index contributed by atoms with van der Waals surface area (Å²) in [5.74, 6) is -1.05. The maximum atomic E-state index is 13.7. The number of nitrogens with zero attached hydrogens (tertiary/aromatic N) is 3. The molecule has 8 nitrogen and oxygen atoms in total. The smallest absolute Gasteiger partial charge is 0.406 e. The van der Waals surface area contributed by atoms with Crippen molar-refractivity contribution in [2.75, 3.05) is 0 Å². The first kappa shape index (κ1) is 23.6. The Bertz CT molecular complexity index is 1190. The minimum Gasteiger partial charge on any atom is -0.406 e. The summed E-state index contributed by atoms with van der Waals surface area (Å²) in [4.78, 5) is 22.3. The fourth-order valence-corrected chi connectivity index (χ4v) is 2.82. The van der Waals surface area contributed by atoms with E-state index in [2.05, 4.69) is 9.84 Å². The van der Waals surface area contributed by atoms with E-state index in [9.17, 15) is 41.3 Å². The molecule has 0 saturated heterocycles. The Morgan fingerprint density at radius 3 is 2.39 bits per heavy atom. The van der Waals surface area contributed by atoms with Crippen molar-refractivity contribution in [2.24, 2.45) is 0 Å². The van der Waals surface area contributed by atoms with Crippen molar-refractivity contribution in [3.05, 3.63) is 81.7 Å². The van der Waals surface area contributed by atoms with Gasteiger partial charge in [0.2, 0.25) is 0 Å². The number of amides is 1. The predicted octanol–water partition coefficient (Wildman–Crippen LogP) is 5.11. The predicted molar refractivity (Wildman–Crippen MR) is 99.5 cm³/mol. The van der Waals surface area contributed by atoms with E-state index < -0.39 is 58.3 Å². The first-order valence-corrected chi connectivity index (χ1v) is 8.88. The standard InChI is InChI=1S/C19H12F6N4O4/c20-18(21,22)12-5-3-4-11(8-12)9-26-17(30)33-15-10-27-28(16(15)19(23,24)25)13-6-1-2-7-14(13)29(31)32/h1-8,10H,9H2,(H,26,30). The van der Waals surface area contributed by atoms with Gasteiger partial charge < -0.3 is 10.1 Å². The van der Waals surface area contributed by atoms with Gasteiger partial charge >= 0.3 is 18.4 Å². The number of hydrogen-bond donors (Lipinski definition) is 1. The van der Waals surface area contributed by atoms with Crippen LogP contribution in [0.2, 0.25) is 0 Å². The number of rotatable bonds is 5. The molecule has 0 atom stereocenters. The van der Waals surface area contributed by atoms with Crippen LogP contribution < -0.4 is 10.1 Å². The molecule has 1 N–H and O–H groups in total. The van der Waals surface area contributed by atoms with Crippen LogP contribution in [0.1, 0.15) is 16.8 Å². The number of benzene rings is 2. The average molecular weight is 474 g/mol. The molecule has 0 aliphatic heterocycles. The van der Waals surface area contributed by atoms with Crippen LogP contribution in [-0.4, -0.2) is 20.8 Å². The normalized spacial score (nSPS) is 11.8. The highest BCUT2D eigenvalue weighted by Gasteiger charge is 2.41. The Balaban J connectivity index is 1.84. The quantitative estimate of drug-likeness (QED) is 0.315. The number of nitro benzene ring substituents is 1. The SMILES string of the molecule is O=C(NCc1cccc(C(F)(F)F)c1)Oc1cnn(-c2ccccc2[N+](=O)[O-])c1C(F)(F)F. The molecule has 0 saturated carbocycles. The molecule has 14 heteroatoms. The monoisotopic (exact) mass is 474 g/mol. The summed E-state index contributed by atoms with van der Waals surface area (Å²) in [6.45, 7) is -0.470. The highest BCUT2D eigenvalue weighted by molar-refractivity contribution is 5.71. The van der Waals surface area contributed by atoms with Gasteiger partial charge in [0.1, 0.15) is 5.69 Å². The molecule has 2 aromatic carbocycles. The summed E-state index contributed by atoms with van der Waals surface area (Å²) in [7, 11) is 0. The number of ether oxygens (including phenoxy) is 1. The van der Waals surface area contributed by atoms with Crippen LogP contribution >= 0.6 is 0 Å². The molecule has 0 spiro atoms. The zero-order valence-electron chi connectivity index (χ0n) is 16.1. The van der Waals surface area contributed by atoms with Crippen molar-refractivity contribution in [3.63, 3.8) is 0 Å². The lowest BCUT2D eigenvalue weighted by atomic mass is 10.1. The molecule has 3 aromatic rings. The molecule has 0 fully saturated rings. The first-order valence-electron chi connectivity index (χ1n) is 8.88. The van der Waals surface area contributed by atoms with Crippen LogP contribution in [0.3, 0.4) is 0 Å². The summed E-state index contributed by atoms with van der Waals surface area (Å²) in [6.07, 6.45) is -10.6. The highest BCUT2D eigenvalue weighted by Crippen LogP contribution is 2.39. The molecule has 3 rings (SSSR count). The van der Waals surface area contributed by atoms with Crippen LogP contribution in [0.25, 0.3) is 5.69 Å². The Labute approximate surface area is 180 Å². The van der Waals surface area contributed by atoms with Gasteiger partial charge in [-0.1, -0.05) is 24.3 Å². The van der Waals surface area contributed by atoms with Gasteiger partial charge in [0, 0.05) is 12.6 Å². The molecular formula is C19H12F6N4O4. The van der Waals surface area contributed by atoms with Gasteiger partial charge in [0.05, 0.1) is 16.7 Å². The highest BCUT2D eigenvalue weighted by atomic mass is 19.4. The van der Waals surface area contributed by atoms with Crippen LogP contribution in [0.5, 0.6) is 5.75 Å². The molecule has 174 valence electrons. The van der Waals surface area contributed by atoms with E-state index in [-0.39, 0.29) is 10.2 Å². The van der Waals surface area contributed by atoms with Crippen LogP contribution in [-0.2, 0) is 18.9 Å². The number of aromatic nitrogens is 2. The summed E-state index contributed by atoms with van der Waals surface area (Å²) in [5.41, 5.74) is -3.74. The van der Waals surface area contributed by atoms with Gasteiger partial charge in [-0.05, 0) is 23.8 Å². The lowest BCUT2D eigenvalue weighted by Gasteiger charge is -2.13. The second-order valence-corrected chi connectivity index (χ2v) is 6.45. The zero-order valence-corrected chi connectivity index (χ0v) is 16.1. The maximum Gasteiger partial charge on any atom is 0.437 e. The fourth-order valence-electron chi connectivity index (χ4n) is 2.82. The van der Waals surface area contributed by atoms with Crippen LogP contribution in [0.4, 0.5) is 36.8 Å². The van der Waals surface area contributed by atoms with Crippen LogP contribution in [0.15, 0.2) is 54.7 Å². The summed E-state index contributed by atoms with van der Waals surface area (Å²) in [5, 5.41) is 16.7. The molecule has 33 heavy (non-hydrogen) atoms. The second kappa shape index (κ2) is 8.80. The van der Waals surface area contributed by atoms with E-state index in [1.165, 1.54) is 18.2 Å². The molecule has 0 unspecified atom stereocenters. The van der Waals surface area contributed by atoms with E-state index >= 15 is 0 Å². The minimum atomic E-state index is -5.13. The molecule has 0 aliphatic rings. The van der Waals surface area contributed by atoms with Crippen molar-refractivity contribution < 1.29 is 40.8 Å². The van der Waals surface area contributed by atoms with Crippen LogP contribution in [0, 0.1) is 10.1 Å². The second-order valence-electron chi connectivity index (χ2n) is 6.45. The van der Waals surface area contributed by atoms with Crippen molar-refractivity contribution in [3.8, 4) is 11.4 Å². The van der Waals surface area contributed by atoms with E-state index in [0.29, 0.717) is 6.20 Å². The number of carbonyl (C=O) groups is 1. The Morgan fingerprint density at radius 1 is 1.06 bits per heavy atom. The molecule has 1 amide bonds.